The Bertz CT molecular complexity index is 377. The first kappa shape index (κ1) is 15.7. The maximum Gasteiger partial charge on any atom is 0.125 e. The maximum atomic E-state index is 6.02. The Morgan fingerprint density at radius 2 is 1.74 bits per heavy atom. The number of hydrogen-bond donors (Lipinski definition) is 1. The monoisotopic (exact) mass is 261 g/mol. The number of rotatable bonds is 8. The summed E-state index contributed by atoms with van der Waals surface area (Å²) in [4.78, 5) is 6.81. The summed E-state index contributed by atoms with van der Waals surface area (Å²) in [5, 5.41) is 0. The molecule has 3 heteroatoms. The van der Waals surface area contributed by atoms with Gasteiger partial charge in [0.25, 0.3) is 0 Å². The van der Waals surface area contributed by atoms with E-state index >= 15 is 0 Å². The highest BCUT2D eigenvalue weighted by atomic mass is 15.1. The maximum absolute atomic E-state index is 6.02. The van der Waals surface area contributed by atoms with Crippen molar-refractivity contribution in [1.82, 2.24) is 4.90 Å². The average molecular weight is 261 g/mol. The van der Waals surface area contributed by atoms with E-state index in [9.17, 15) is 0 Å². The van der Waals surface area contributed by atoms with Crippen LogP contribution < -0.4 is 5.73 Å². The summed E-state index contributed by atoms with van der Waals surface area (Å²) in [7, 11) is 0. The van der Waals surface area contributed by atoms with Crippen molar-refractivity contribution in [2.75, 3.05) is 26.2 Å². The van der Waals surface area contributed by atoms with Crippen LogP contribution in [0.25, 0.3) is 0 Å². The molecular formula is C16H27N3. The summed E-state index contributed by atoms with van der Waals surface area (Å²) in [6, 6.07) is 8.43. The normalized spacial score (nSPS) is 12.1. The van der Waals surface area contributed by atoms with Crippen LogP contribution in [-0.4, -0.2) is 36.9 Å². The first-order valence-electron chi connectivity index (χ1n) is 7.32. The summed E-state index contributed by atoms with van der Waals surface area (Å²) in [5.74, 6) is 0.648. The molecule has 2 N–H and O–H groups in total. The Kier molecular flexibility index (Phi) is 7.19. The van der Waals surface area contributed by atoms with Crippen LogP contribution in [0.4, 0.5) is 0 Å². The summed E-state index contributed by atoms with van der Waals surface area (Å²) < 4.78 is 0. The third kappa shape index (κ3) is 5.43. The lowest BCUT2D eigenvalue weighted by Crippen LogP contribution is -2.26. The molecule has 0 aliphatic heterocycles. The second-order valence-electron chi connectivity index (χ2n) is 4.74. The van der Waals surface area contributed by atoms with Gasteiger partial charge in [-0.2, -0.15) is 0 Å². The Labute approximate surface area is 117 Å². The SMILES string of the molecule is CCCc1ccc(C(N)=NCCN(CC)CC)cc1. The van der Waals surface area contributed by atoms with E-state index < -0.39 is 0 Å². The highest BCUT2D eigenvalue weighted by Gasteiger charge is 2.00. The Morgan fingerprint density at radius 1 is 1.11 bits per heavy atom. The third-order valence-corrected chi connectivity index (χ3v) is 3.38. The molecule has 0 aliphatic rings. The fraction of sp³-hybridized carbons (Fsp3) is 0.562. The molecule has 0 unspecified atom stereocenters. The third-order valence-electron chi connectivity index (χ3n) is 3.38. The van der Waals surface area contributed by atoms with Crippen LogP contribution in [0.2, 0.25) is 0 Å². The molecule has 3 nitrogen and oxygen atoms in total. The largest absolute Gasteiger partial charge is 0.384 e. The second-order valence-corrected chi connectivity index (χ2v) is 4.74. The number of amidine groups is 1. The van der Waals surface area contributed by atoms with E-state index in [1.165, 1.54) is 12.0 Å². The van der Waals surface area contributed by atoms with Gasteiger partial charge >= 0.3 is 0 Å². The number of nitrogens with zero attached hydrogens (tertiary/aromatic N) is 2. The first-order valence-corrected chi connectivity index (χ1v) is 7.32. The van der Waals surface area contributed by atoms with Crippen LogP contribution in [-0.2, 0) is 6.42 Å². The molecule has 1 rings (SSSR count). The van der Waals surface area contributed by atoms with Gasteiger partial charge in [0.2, 0.25) is 0 Å². The van der Waals surface area contributed by atoms with Crippen molar-refractivity contribution in [3.63, 3.8) is 0 Å². The van der Waals surface area contributed by atoms with Gasteiger partial charge in [0.05, 0.1) is 6.54 Å². The molecule has 0 spiro atoms. The minimum Gasteiger partial charge on any atom is -0.384 e. The summed E-state index contributed by atoms with van der Waals surface area (Å²) in [6.45, 7) is 10.4. The summed E-state index contributed by atoms with van der Waals surface area (Å²) in [5.41, 5.74) is 8.41. The fourth-order valence-electron chi connectivity index (χ4n) is 2.07. The van der Waals surface area contributed by atoms with Crippen molar-refractivity contribution in [2.24, 2.45) is 10.7 Å². The van der Waals surface area contributed by atoms with Gasteiger partial charge in [-0.15, -0.1) is 0 Å². The van der Waals surface area contributed by atoms with E-state index in [2.05, 4.69) is 54.9 Å². The Balaban J connectivity index is 2.53. The van der Waals surface area contributed by atoms with Crippen molar-refractivity contribution in [3.8, 4) is 0 Å². The molecule has 0 saturated carbocycles. The van der Waals surface area contributed by atoms with Gasteiger partial charge in [-0.3, -0.25) is 4.99 Å². The molecule has 0 aromatic heterocycles. The summed E-state index contributed by atoms with van der Waals surface area (Å²) >= 11 is 0. The lowest BCUT2D eigenvalue weighted by molar-refractivity contribution is 0.313. The van der Waals surface area contributed by atoms with E-state index in [0.717, 1.165) is 38.2 Å². The number of aryl methyl sites for hydroxylation is 1. The van der Waals surface area contributed by atoms with Crippen molar-refractivity contribution < 1.29 is 0 Å². The van der Waals surface area contributed by atoms with Crippen molar-refractivity contribution >= 4 is 5.84 Å². The zero-order valence-corrected chi connectivity index (χ0v) is 12.5. The van der Waals surface area contributed by atoms with E-state index in [0.29, 0.717) is 5.84 Å². The van der Waals surface area contributed by atoms with Gasteiger partial charge in [0, 0.05) is 12.1 Å². The minimum atomic E-state index is 0.648. The molecule has 0 saturated heterocycles. The highest BCUT2D eigenvalue weighted by molar-refractivity contribution is 5.97. The van der Waals surface area contributed by atoms with Crippen molar-refractivity contribution in [1.29, 1.82) is 0 Å². The molecule has 0 fully saturated rings. The molecule has 0 atom stereocenters. The molecule has 106 valence electrons. The van der Waals surface area contributed by atoms with Gasteiger partial charge in [0.15, 0.2) is 0 Å². The van der Waals surface area contributed by atoms with Crippen LogP contribution in [0.3, 0.4) is 0 Å². The average Bonchev–Trinajstić information content (AvgIpc) is 2.44. The number of aliphatic imine (C=N–C) groups is 1. The summed E-state index contributed by atoms with van der Waals surface area (Å²) in [6.07, 6.45) is 2.30. The molecule has 1 aromatic rings. The van der Waals surface area contributed by atoms with Crippen molar-refractivity contribution in [3.05, 3.63) is 35.4 Å². The molecule has 0 heterocycles. The number of nitrogens with two attached hydrogens (primary N) is 1. The zero-order valence-electron chi connectivity index (χ0n) is 12.5. The topological polar surface area (TPSA) is 41.6 Å². The van der Waals surface area contributed by atoms with E-state index in [1.807, 2.05) is 0 Å². The molecule has 0 amide bonds. The van der Waals surface area contributed by atoms with Crippen LogP contribution in [0.15, 0.2) is 29.3 Å². The van der Waals surface area contributed by atoms with E-state index in [4.69, 9.17) is 5.73 Å². The second kappa shape index (κ2) is 8.70. The van der Waals surface area contributed by atoms with Gasteiger partial charge in [-0.25, -0.2) is 0 Å². The molecule has 0 radical (unpaired) electrons. The highest BCUT2D eigenvalue weighted by Crippen LogP contribution is 2.06. The lowest BCUT2D eigenvalue weighted by Gasteiger charge is -2.16. The van der Waals surface area contributed by atoms with Crippen LogP contribution >= 0.6 is 0 Å². The molecular weight excluding hydrogens is 234 g/mol. The molecule has 19 heavy (non-hydrogen) atoms. The van der Waals surface area contributed by atoms with Gasteiger partial charge in [-0.05, 0) is 25.1 Å². The number of benzene rings is 1. The first-order chi connectivity index (χ1) is 9.21. The van der Waals surface area contributed by atoms with Crippen molar-refractivity contribution in [2.45, 2.75) is 33.6 Å². The van der Waals surface area contributed by atoms with Crippen LogP contribution in [0, 0.1) is 0 Å². The van der Waals surface area contributed by atoms with E-state index in [-0.39, 0.29) is 0 Å². The van der Waals surface area contributed by atoms with Gasteiger partial charge in [0.1, 0.15) is 5.84 Å². The predicted molar refractivity (Wildman–Crippen MR) is 83.8 cm³/mol. The van der Waals surface area contributed by atoms with Crippen LogP contribution in [0.5, 0.6) is 0 Å². The number of hydrogen-bond acceptors (Lipinski definition) is 2. The van der Waals surface area contributed by atoms with Gasteiger partial charge < -0.3 is 10.6 Å². The lowest BCUT2D eigenvalue weighted by atomic mass is 10.1. The quantitative estimate of drug-likeness (QED) is 0.577. The molecule has 0 aliphatic carbocycles. The fourth-order valence-corrected chi connectivity index (χ4v) is 2.07. The molecule has 0 bridgehead atoms. The Hall–Kier alpha value is -1.35. The van der Waals surface area contributed by atoms with Crippen LogP contribution in [0.1, 0.15) is 38.3 Å². The predicted octanol–water partition coefficient (Wildman–Crippen LogP) is 2.69. The smallest absolute Gasteiger partial charge is 0.125 e. The molecule has 1 aromatic carbocycles. The van der Waals surface area contributed by atoms with E-state index in [1.54, 1.807) is 0 Å². The van der Waals surface area contributed by atoms with Gasteiger partial charge in [-0.1, -0.05) is 51.5 Å². The minimum absolute atomic E-state index is 0.648. The Morgan fingerprint density at radius 3 is 2.26 bits per heavy atom. The zero-order chi connectivity index (χ0) is 14.1. The standard InChI is InChI=1S/C16H27N3/c1-4-7-14-8-10-15(11-9-14)16(17)18-12-13-19(5-2)6-3/h8-11H,4-7,12-13H2,1-3H3,(H2,17,18). The number of likely N-dealkylation sites (N-methyl/N-ethyl adjacent to an activating group) is 1.